The third-order valence-corrected chi connectivity index (χ3v) is 3.08. The number of benzene rings is 1. The van der Waals surface area contributed by atoms with Crippen LogP contribution in [0.1, 0.15) is 13.3 Å². The highest BCUT2D eigenvalue weighted by Crippen LogP contribution is 2.23. The predicted molar refractivity (Wildman–Crippen MR) is 63.4 cm³/mol. The van der Waals surface area contributed by atoms with Gasteiger partial charge in [0, 0.05) is 6.04 Å². The zero-order chi connectivity index (χ0) is 10.7. The number of ether oxygens (including phenoxy) is 1. The van der Waals surface area contributed by atoms with Gasteiger partial charge in [-0.2, -0.15) is 0 Å². The third-order valence-electron chi connectivity index (χ3n) is 2.29. The number of hydrogen-bond acceptors (Lipinski definition) is 4. The van der Waals surface area contributed by atoms with Gasteiger partial charge in [0.25, 0.3) is 0 Å². The summed E-state index contributed by atoms with van der Waals surface area (Å²) in [6.07, 6.45) is 0.933. The molecule has 2 N–H and O–H groups in total. The van der Waals surface area contributed by atoms with Crippen LogP contribution in [0.4, 0.5) is 0 Å². The lowest BCUT2D eigenvalue weighted by Crippen LogP contribution is -2.26. The van der Waals surface area contributed by atoms with Gasteiger partial charge in [-0.1, -0.05) is 6.92 Å². The van der Waals surface area contributed by atoms with Crippen molar-refractivity contribution < 1.29 is 4.74 Å². The summed E-state index contributed by atoms with van der Waals surface area (Å²) in [6, 6.07) is 6.03. The number of nitrogens with zero attached hydrogens (tertiary/aromatic N) is 1. The van der Waals surface area contributed by atoms with Crippen molar-refractivity contribution in [1.82, 2.24) is 4.98 Å². The van der Waals surface area contributed by atoms with Gasteiger partial charge in [-0.3, -0.25) is 0 Å². The number of aromatic nitrogens is 1. The topological polar surface area (TPSA) is 48.1 Å². The highest BCUT2D eigenvalue weighted by molar-refractivity contribution is 7.16. The van der Waals surface area contributed by atoms with E-state index in [4.69, 9.17) is 10.5 Å². The molecule has 15 heavy (non-hydrogen) atoms. The van der Waals surface area contributed by atoms with Gasteiger partial charge in [0.15, 0.2) is 0 Å². The second-order valence-electron chi connectivity index (χ2n) is 3.46. The van der Waals surface area contributed by atoms with E-state index in [1.165, 1.54) is 0 Å². The van der Waals surface area contributed by atoms with Crippen LogP contribution in [0.5, 0.6) is 5.75 Å². The zero-order valence-corrected chi connectivity index (χ0v) is 9.46. The van der Waals surface area contributed by atoms with Crippen molar-refractivity contribution in [2.45, 2.75) is 19.4 Å². The molecule has 0 saturated carbocycles. The van der Waals surface area contributed by atoms with Crippen molar-refractivity contribution in [3.63, 3.8) is 0 Å². The van der Waals surface area contributed by atoms with Crippen LogP contribution < -0.4 is 10.5 Å². The lowest BCUT2D eigenvalue weighted by molar-refractivity contribution is 0.286. The Morgan fingerprint density at radius 2 is 2.40 bits per heavy atom. The van der Waals surface area contributed by atoms with Gasteiger partial charge < -0.3 is 10.5 Å². The second kappa shape index (κ2) is 4.59. The minimum Gasteiger partial charge on any atom is -0.492 e. The Morgan fingerprint density at radius 1 is 1.53 bits per heavy atom. The Bertz CT molecular complexity index is 441. The second-order valence-corrected chi connectivity index (χ2v) is 4.35. The van der Waals surface area contributed by atoms with Crippen LogP contribution >= 0.6 is 11.3 Å². The minimum atomic E-state index is 0.113. The smallest absolute Gasteiger partial charge is 0.120 e. The van der Waals surface area contributed by atoms with Gasteiger partial charge in [-0.25, -0.2) is 4.98 Å². The highest BCUT2D eigenvalue weighted by atomic mass is 32.1. The minimum absolute atomic E-state index is 0.113. The summed E-state index contributed by atoms with van der Waals surface area (Å²) in [5.74, 6) is 0.871. The SMILES string of the molecule is CCC(N)COc1ccc2ncsc2c1. The van der Waals surface area contributed by atoms with E-state index in [1.807, 2.05) is 23.7 Å². The van der Waals surface area contributed by atoms with E-state index in [0.717, 1.165) is 22.4 Å². The van der Waals surface area contributed by atoms with E-state index in [-0.39, 0.29) is 6.04 Å². The first kappa shape index (κ1) is 10.4. The van der Waals surface area contributed by atoms with Crippen LogP contribution in [0.15, 0.2) is 23.7 Å². The number of hydrogen-bond donors (Lipinski definition) is 1. The number of thiazole rings is 1. The summed E-state index contributed by atoms with van der Waals surface area (Å²) in [7, 11) is 0. The molecule has 0 aliphatic rings. The Hall–Kier alpha value is -1.13. The molecule has 0 bridgehead atoms. The van der Waals surface area contributed by atoms with Crippen LogP contribution in [0.25, 0.3) is 10.2 Å². The van der Waals surface area contributed by atoms with Crippen LogP contribution in [0.3, 0.4) is 0 Å². The molecule has 0 saturated heterocycles. The van der Waals surface area contributed by atoms with Crippen LogP contribution in [0, 0.1) is 0 Å². The number of fused-ring (bicyclic) bond motifs is 1. The van der Waals surface area contributed by atoms with E-state index >= 15 is 0 Å². The molecule has 4 heteroatoms. The predicted octanol–water partition coefficient (Wildman–Crippen LogP) is 2.41. The number of nitrogens with two attached hydrogens (primary N) is 1. The maximum atomic E-state index is 5.78. The van der Waals surface area contributed by atoms with Crippen LogP contribution in [-0.4, -0.2) is 17.6 Å². The standard InChI is InChI=1S/C11H14N2OS/c1-2-8(12)6-14-9-3-4-10-11(5-9)15-7-13-10/h3-5,7-8H,2,6,12H2,1H3. The van der Waals surface area contributed by atoms with E-state index in [9.17, 15) is 0 Å². The first-order valence-corrected chi connectivity index (χ1v) is 5.89. The molecule has 1 aromatic carbocycles. The summed E-state index contributed by atoms with van der Waals surface area (Å²) < 4.78 is 6.74. The fourth-order valence-corrected chi connectivity index (χ4v) is 1.95. The maximum Gasteiger partial charge on any atom is 0.120 e. The quantitative estimate of drug-likeness (QED) is 0.864. The molecule has 1 atom stereocenters. The largest absolute Gasteiger partial charge is 0.492 e. The Kier molecular flexibility index (Phi) is 3.18. The molecular formula is C11H14N2OS. The van der Waals surface area contributed by atoms with Crippen molar-refractivity contribution in [2.75, 3.05) is 6.61 Å². The van der Waals surface area contributed by atoms with Crippen molar-refractivity contribution in [3.05, 3.63) is 23.7 Å². The van der Waals surface area contributed by atoms with Gasteiger partial charge in [0.2, 0.25) is 0 Å². The first-order chi connectivity index (χ1) is 7.29. The van der Waals surface area contributed by atoms with E-state index in [1.54, 1.807) is 11.3 Å². The summed E-state index contributed by atoms with van der Waals surface area (Å²) >= 11 is 1.62. The van der Waals surface area contributed by atoms with Crippen molar-refractivity contribution >= 4 is 21.6 Å². The van der Waals surface area contributed by atoms with E-state index < -0.39 is 0 Å². The molecule has 1 aromatic heterocycles. The molecule has 1 heterocycles. The highest BCUT2D eigenvalue weighted by Gasteiger charge is 2.02. The average molecular weight is 222 g/mol. The molecule has 0 spiro atoms. The summed E-state index contributed by atoms with van der Waals surface area (Å²) in [6.45, 7) is 2.63. The van der Waals surface area contributed by atoms with Gasteiger partial charge in [-0.15, -0.1) is 11.3 Å². The molecule has 3 nitrogen and oxygen atoms in total. The fraction of sp³-hybridized carbons (Fsp3) is 0.364. The van der Waals surface area contributed by atoms with Crippen molar-refractivity contribution in [2.24, 2.45) is 5.73 Å². The molecule has 2 aromatic rings. The van der Waals surface area contributed by atoms with Gasteiger partial charge in [-0.05, 0) is 24.6 Å². The monoisotopic (exact) mass is 222 g/mol. The number of rotatable bonds is 4. The van der Waals surface area contributed by atoms with Crippen LogP contribution in [-0.2, 0) is 0 Å². The van der Waals surface area contributed by atoms with Crippen LogP contribution in [0.2, 0.25) is 0 Å². The molecular weight excluding hydrogens is 208 g/mol. The van der Waals surface area contributed by atoms with Crippen molar-refractivity contribution in [3.8, 4) is 5.75 Å². The summed E-state index contributed by atoms with van der Waals surface area (Å²) in [5, 5.41) is 0. The van der Waals surface area contributed by atoms with Gasteiger partial charge >= 0.3 is 0 Å². The molecule has 2 rings (SSSR count). The van der Waals surface area contributed by atoms with Gasteiger partial charge in [0.05, 0.1) is 15.7 Å². The Morgan fingerprint density at radius 3 is 3.20 bits per heavy atom. The van der Waals surface area contributed by atoms with Crippen molar-refractivity contribution in [1.29, 1.82) is 0 Å². The molecule has 0 radical (unpaired) electrons. The normalized spacial score (nSPS) is 12.9. The van der Waals surface area contributed by atoms with E-state index in [2.05, 4.69) is 11.9 Å². The Labute approximate surface area is 92.9 Å². The summed E-state index contributed by atoms with van der Waals surface area (Å²) in [4.78, 5) is 4.21. The zero-order valence-electron chi connectivity index (χ0n) is 8.64. The Balaban J connectivity index is 2.08. The maximum absolute atomic E-state index is 5.78. The van der Waals surface area contributed by atoms with E-state index in [0.29, 0.717) is 6.61 Å². The molecule has 0 aliphatic heterocycles. The molecule has 0 amide bonds. The molecule has 0 aliphatic carbocycles. The fourth-order valence-electron chi connectivity index (χ4n) is 1.25. The first-order valence-electron chi connectivity index (χ1n) is 5.01. The summed E-state index contributed by atoms with van der Waals surface area (Å²) in [5.41, 5.74) is 8.64. The molecule has 1 unspecified atom stereocenters. The average Bonchev–Trinajstić information content (AvgIpc) is 2.72. The lowest BCUT2D eigenvalue weighted by atomic mass is 10.2. The molecule has 80 valence electrons. The lowest BCUT2D eigenvalue weighted by Gasteiger charge is -2.10. The van der Waals surface area contributed by atoms with Gasteiger partial charge in [0.1, 0.15) is 12.4 Å². The third kappa shape index (κ3) is 2.46. The molecule has 0 fully saturated rings.